The largest absolute Gasteiger partial charge is 0.398 e. The molecule has 0 aliphatic rings. The maximum absolute atomic E-state index is 13.3. The number of nitrogens with zero attached hydrogens (tertiary/aromatic N) is 1. The highest BCUT2D eigenvalue weighted by Crippen LogP contribution is 2.29. The highest BCUT2D eigenvalue weighted by molar-refractivity contribution is 7.92. The van der Waals surface area contributed by atoms with Crippen LogP contribution in [0.5, 0.6) is 0 Å². The molecule has 0 radical (unpaired) electrons. The topological polar surface area (TPSA) is 85.1 Å². The van der Waals surface area contributed by atoms with Gasteiger partial charge in [0.2, 0.25) is 0 Å². The van der Waals surface area contributed by atoms with E-state index in [-0.39, 0.29) is 26.3 Å². The minimum atomic E-state index is -3.97. The lowest BCUT2D eigenvalue weighted by atomic mass is 10.3. The Morgan fingerprint density at radius 1 is 1.25 bits per heavy atom. The van der Waals surface area contributed by atoms with Gasteiger partial charge in [0.15, 0.2) is 5.82 Å². The molecule has 0 spiro atoms. The van der Waals surface area contributed by atoms with Crippen LogP contribution >= 0.6 is 23.2 Å². The SMILES string of the molecule is Nc1ccncc1S(=O)(=O)Nc1cc(Cl)c(F)c(Cl)c1. The highest BCUT2D eigenvalue weighted by Gasteiger charge is 2.19. The molecule has 1 aromatic heterocycles. The summed E-state index contributed by atoms with van der Waals surface area (Å²) in [6, 6.07) is 3.55. The number of aromatic nitrogens is 1. The molecule has 3 N–H and O–H groups in total. The fraction of sp³-hybridized carbons (Fsp3) is 0. The van der Waals surface area contributed by atoms with Crippen LogP contribution in [-0.2, 0) is 10.0 Å². The molecular formula is C11H8Cl2FN3O2S. The number of halogens is 3. The first-order chi connectivity index (χ1) is 9.31. The lowest BCUT2D eigenvalue weighted by molar-refractivity contribution is 0.601. The molecule has 0 saturated heterocycles. The van der Waals surface area contributed by atoms with E-state index >= 15 is 0 Å². The molecule has 106 valence electrons. The molecule has 0 saturated carbocycles. The van der Waals surface area contributed by atoms with E-state index in [0.29, 0.717) is 0 Å². The molecule has 9 heteroatoms. The van der Waals surface area contributed by atoms with Crippen LogP contribution < -0.4 is 10.5 Å². The van der Waals surface area contributed by atoms with E-state index < -0.39 is 15.8 Å². The van der Waals surface area contributed by atoms with Crippen molar-refractivity contribution in [3.05, 3.63) is 46.5 Å². The zero-order valence-electron chi connectivity index (χ0n) is 9.77. The molecule has 20 heavy (non-hydrogen) atoms. The summed E-state index contributed by atoms with van der Waals surface area (Å²) in [4.78, 5) is 3.49. The summed E-state index contributed by atoms with van der Waals surface area (Å²) in [6.45, 7) is 0. The normalized spacial score (nSPS) is 11.3. The Morgan fingerprint density at radius 2 is 1.85 bits per heavy atom. The summed E-state index contributed by atoms with van der Waals surface area (Å²) in [5.41, 5.74) is 5.63. The van der Waals surface area contributed by atoms with Gasteiger partial charge in [-0.05, 0) is 18.2 Å². The van der Waals surface area contributed by atoms with E-state index in [1.165, 1.54) is 12.3 Å². The standard InChI is InChI=1S/C11H8Cl2FN3O2S/c12-7-3-6(4-8(13)11(7)14)17-20(18,19)10-5-16-2-1-9(10)15/h1-5,17H,(H2,15,16). The van der Waals surface area contributed by atoms with Crippen molar-refractivity contribution in [2.75, 3.05) is 10.5 Å². The molecule has 1 heterocycles. The van der Waals surface area contributed by atoms with Gasteiger partial charge in [-0.15, -0.1) is 0 Å². The van der Waals surface area contributed by atoms with Crippen molar-refractivity contribution in [3.63, 3.8) is 0 Å². The Balaban J connectivity index is 2.42. The number of benzene rings is 1. The van der Waals surface area contributed by atoms with Crippen LogP contribution in [0.4, 0.5) is 15.8 Å². The monoisotopic (exact) mass is 335 g/mol. The molecule has 2 aromatic rings. The van der Waals surface area contributed by atoms with Gasteiger partial charge in [-0.1, -0.05) is 23.2 Å². The van der Waals surface area contributed by atoms with Gasteiger partial charge in [0.25, 0.3) is 10.0 Å². The molecule has 0 unspecified atom stereocenters. The summed E-state index contributed by atoms with van der Waals surface area (Å²) in [6.07, 6.45) is 2.46. The van der Waals surface area contributed by atoms with Crippen LogP contribution in [0.2, 0.25) is 10.0 Å². The molecule has 0 aliphatic carbocycles. The Bertz CT molecular complexity index is 745. The van der Waals surface area contributed by atoms with Crippen LogP contribution in [0.25, 0.3) is 0 Å². The maximum Gasteiger partial charge on any atom is 0.265 e. The third-order valence-electron chi connectivity index (χ3n) is 2.34. The zero-order valence-corrected chi connectivity index (χ0v) is 12.1. The number of nitrogens with two attached hydrogens (primary N) is 1. The second kappa shape index (κ2) is 5.43. The van der Waals surface area contributed by atoms with Crippen LogP contribution in [0.15, 0.2) is 35.5 Å². The number of hydrogen-bond donors (Lipinski definition) is 2. The number of hydrogen-bond acceptors (Lipinski definition) is 4. The van der Waals surface area contributed by atoms with E-state index in [0.717, 1.165) is 18.3 Å². The summed E-state index contributed by atoms with van der Waals surface area (Å²) >= 11 is 11.2. The molecule has 1 aromatic carbocycles. The van der Waals surface area contributed by atoms with Gasteiger partial charge in [-0.3, -0.25) is 9.71 Å². The average Bonchev–Trinajstić information content (AvgIpc) is 2.35. The van der Waals surface area contributed by atoms with Crippen molar-refractivity contribution < 1.29 is 12.8 Å². The Labute approximate surface area is 124 Å². The quantitative estimate of drug-likeness (QED) is 0.844. The van der Waals surface area contributed by atoms with Crippen LogP contribution in [0.3, 0.4) is 0 Å². The fourth-order valence-electron chi connectivity index (χ4n) is 1.44. The van der Waals surface area contributed by atoms with Crippen molar-refractivity contribution >= 4 is 44.6 Å². The number of nitrogens with one attached hydrogen (secondary N) is 1. The lowest BCUT2D eigenvalue weighted by Crippen LogP contribution is -2.15. The molecule has 0 atom stereocenters. The minimum Gasteiger partial charge on any atom is -0.398 e. The number of nitrogen functional groups attached to an aromatic ring is 1. The van der Waals surface area contributed by atoms with Crippen molar-refractivity contribution in [2.45, 2.75) is 4.90 Å². The molecule has 0 fully saturated rings. The number of sulfonamides is 1. The molecule has 2 rings (SSSR count). The van der Waals surface area contributed by atoms with Crippen LogP contribution in [0.1, 0.15) is 0 Å². The van der Waals surface area contributed by atoms with Gasteiger partial charge in [0, 0.05) is 12.4 Å². The first-order valence-electron chi connectivity index (χ1n) is 5.18. The zero-order chi connectivity index (χ0) is 14.9. The van der Waals surface area contributed by atoms with E-state index in [4.69, 9.17) is 28.9 Å². The Kier molecular flexibility index (Phi) is 4.03. The number of anilines is 2. The maximum atomic E-state index is 13.3. The lowest BCUT2D eigenvalue weighted by Gasteiger charge is -2.10. The van der Waals surface area contributed by atoms with Gasteiger partial charge < -0.3 is 5.73 Å². The van der Waals surface area contributed by atoms with Gasteiger partial charge in [0.05, 0.1) is 21.4 Å². The van der Waals surface area contributed by atoms with E-state index in [2.05, 4.69) is 9.71 Å². The van der Waals surface area contributed by atoms with Gasteiger partial charge >= 0.3 is 0 Å². The van der Waals surface area contributed by atoms with E-state index in [1.807, 2.05) is 0 Å². The highest BCUT2D eigenvalue weighted by atomic mass is 35.5. The predicted octanol–water partition coefficient (Wildman–Crippen LogP) is 2.91. The molecule has 5 nitrogen and oxygen atoms in total. The fourth-order valence-corrected chi connectivity index (χ4v) is 3.04. The first kappa shape index (κ1) is 14.8. The smallest absolute Gasteiger partial charge is 0.265 e. The second-order valence-corrected chi connectivity index (χ2v) is 6.24. The summed E-state index contributed by atoms with van der Waals surface area (Å²) < 4.78 is 39.7. The predicted molar refractivity (Wildman–Crippen MR) is 75.9 cm³/mol. The van der Waals surface area contributed by atoms with Crippen molar-refractivity contribution in [3.8, 4) is 0 Å². The van der Waals surface area contributed by atoms with E-state index in [1.54, 1.807) is 0 Å². The second-order valence-electron chi connectivity index (χ2n) is 3.77. The molecular weight excluding hydrogens is 328 g/mol. The van der Waals surface area contributed by atoms with Gasteiger partial charge in [0.1, 0.15) is 4.90 Å². The van der Waals surface area contributed by atoms with Gasteiger partial charge in [-0.2, -0.15) is 0 Å². The van der Waals surface area contributed by atoms with E-state index in [9.17, 15) is 12.8 Å². The Hall–Kier alpha value is -1.57. The first-order valence-corrected chi connectivity index (χ1v) is 7.42. The van der Waals surface area contributed by atoms with Gasteiger partial charge in [-0.25, -0.2) is 12.8 Å². The third-order valence-corrected chi connectivity index (χ3v) is 4.32. The molecule has 0 aliphatic heterocycles. The summed E-state index contributed by atoms with van der Waals surface area (Å²) in [5, 5.41) is -0.594. The van der Waals surface area contributed by atoms with Crippen LogP contribution in [0, 0.1) is 5.82 Å². The summed E-state index contributed by atoms with van der Waals surface area (Å²) in [7, 11) is -3.97. The Morgan fingerprint density at radius 3 is 2.40 bits per heavy atom. The van der Waals surface area contributed by atoms with Crippen molar-refractivity contribution in [2.24, 2.45) is 0 Å². The average molecular weight is 336 g/mol. The number of rotatable bonds is 3. The molecule has 0 bridgehead atoms. The number of pyridine rings is 1. The van der Waals surface area contributed by atoms with Crippen molar-refractivity contribution in [1.29, 1.82) is 0 Å². The summed E-state index contributed by atoms with van der Waals surface area (Å²) in [5.74, 6) is -0.822. The molecule has 0 amide bonds. The minimum absolute atomic E-state index is 0.0182. The van der Waals surface area contributed by atoms with Crippen molar-refractivity contribution in [1.82, 2.24) is 4.98 Å². The third kappa shape index (κ3) is 2.95. The van der Waals surface area contributed by atoms with Crippen LogP contribution in [-0.4, -0.2) is 13.4 Å².